The molecule has 2 rings (SSSR count). The maximum Gasteiger partial charge on any atom is 0.243 e. The molecular weight excluding hydrogens is 246 g/mol. The number of ether oxygens (including phenoxy) is 1. The van der Waals surface area contributed by atoms with Gasteiger partial charge >= 0.3 is 0 Å². The van der Waals surface area contributed by atoms with Gasteiger partial charge in [0.2, 0.25) is 17.8 Å². The molecule has 106 valence electrons. The summed E-state index contributed by atoms with van der Waals surface area (Å²) in [6.07, 6.45) is 0. The number of aromatic nitrogens is 3. The minimum atomic E-state index is 0.297. The van der Waals surface area contributed by atoms with Crippen LogP contribution in [-0.2, 0) is 4.74 Å². The molecule has 0 spiro atoms. The second-order valence-electron chi connectivity index (χ2n) is 4.71. The standard InChI is InChI=1S/C11H21N7O/c1-8(2)17(3)10-13-9(16-12)14-11(15-10)18-4-6-19-7-5-18/h8H,4-7,12H2,1-3H3,(H,13,14,15,16). The predicted molar refractivity (Wildman–Crippen MR) is 74.2 cm³/mol. The van der Waals surface area contributed by atoms with Crippen LogP contribution in [0.25, 0.3) is 0 Å². The van der Waals surface area contributed by atoms with Crippen LogP contribution in [0.15, 0.2) is 0 Å². The van der Waals surface area contributed by atoms with Gasteiger partial charge in [-0.15, -0.1) is 0 Å². The summed E-state index contributed by atoms with van der Waals surface area (Å²) < 4.78 is 5.33. The van der Waals surface area contributed by atoms with E-state index in [9.17, 15) is 0 Å². The van der Waals surface area contributed by atoms with E-state index in [1.165, 1.54) is 0 Å². The van der Waals surface area contributed by atoms with Gasteiger partial charge in [0.05, 0.1) is 13.2 Å². The number of morpholine rings is 1. The molecule has 1 fully saturated rings. The summed E-state index contributed by atoms with van der Waals surface area (Å²) in [4.78, 5) is 17.1. The smallest absolute Gasteiger partial charge is 0.243 e. The molecule has 1 aliphatic rings. The molecular formula is C11H21N7O. The summed E-state index contributed by atoms with van der Waals surface area (Å²) in [5.41, 5.74) is 2.49. The van der Waals surface area contributed by atoms with E-state index < -0.39 is 0 Å². The Balaban J connectivity index is 2.29. The normalized spacial score (nSPS) is 15.7. The molecule has 0 aromatic carbocycles. The zero-order chi connectivity index (χ0) is 13.8. The molecule has 0 saturated carbocycles. The van der Waals surface area contributed by atoms with Crippen LogP contribution in [0.2, 0.25) is 0 Å². The van der Waals surface area contributed by atoms with Crippen molar-refractivity contribution in [2.75, 3.05) is 48.6 Å². The number of hydrogen-bond donors (Lipinski definition) is 2. The molecule has 19 heavy (non-hydrogen) atoms. The Kier molecular flexibility index (Phi) is 4.33. The summed E-state index contributed by atoms with van der Waals surface area (Å²) in [7, 11) is 1.95. The Bertz CT molecular complexity index is 420. The molecule has 1 saturated heterocycles. The second kappa shape index (κ2) is 5.98. The third-order valence-corrected chi connectivity index (χ3v) is 3.12. The molecule has 1 aromatic heterocycles. The van der Waals surface area contributed by atoms with Gasteiger partial charge in [-0.2, -0.15) is 15.0 Å². The van der Waals surface area contributed by atoms with Crippen LogP contribution in [0.5, 0.6) is 0 Å². The number of hydrazine groups is 1. The van der Waals surface area contributed by atoms with E-state index in [4.69, 9.17) is 10.6 Å². The van der Waals surface area contributed by atoms with Gasteiger partial charge in [0, 0.05) is 26.2 Å². The van der Waals surface area contributed by atoms with Gasteiger partial charge < -0.3 is 14.5 Å². The summed E-state index contributed by atoms with van der Waals surface area (Å²) in [5.74, 6) is 7.05. The quantitative estimate of drug-likeness (QED) is 0.574. The minimum Gasteiger partial charge on any atom is -0.378 e. The minimum absolute atomic E-state index is 0.297. The summed E-state index contributed by atoms with van der Waals surface area (Å²) >= 11 is 0. The first-order valence-corrected chi connectivity index (χ1v) is 6.40. The largest absolute Gasteiger partial charge is 0.378 e. The summed E-state index contributed by atoms with van der Waals surface area (Å²) in [6.45, 7) is 7.08. The number of nitrogens with zero attached hydrogens (tertiary/aromatic N) is 5. The topological polar surface area (TPSA) is 92.4 Å². The van der Waals surface area contributed by atoms with Crippen LogP contribution in [0.3, 0.4) is 0 Å². The van der Waals surface area contributed by atoms with E-state index in [2.05, 4.69) is 39.1 Å². The Hall–Kier alpha value is -1.67. The van der Waals surface area contributed by atoms with E-state index in [0.29, 0.717) is 37.1 Å². The Labute approximate surface area is 112 Å². The van der Waals surface area contributed by atoms with Crippen molar-refractivity contribution >= 4 is 17.8 Å². The average molecular weight is 267 g/mol. The highest BCUT2D eigenvalue weighted by molar-refractivity contribution is 5.45. The van der Waals surface area contributed by atoms with Gasteiger partial charge in [0.25, 0.3) is 0 Å². The third-order valence-electron chi connectivity index (χ3n) is 3.12. The zero-order valence-electron chi connectivity index (χ0n) is 11.6. The molecule has 3 N–H and O–H groups in total. The number of hydrogen-bond acceptors (Lipinski definition) is 8. The molecule has 1 aromatic rings. The summed E-state index contributed by atoms with van der Waals surface area (Å²) in [6, 6.07) is 0.297. The highest BCUT2D eigenvalue weighted by Gasteiger charge is 2.18. The fraction of sp³-hybridized carbons (Fsp3) is 0.727. The van der Waals surface area contributed by atoms with Crippen molar-refractivity contribution in [2.45, 2.75) is 19.9 Å². The average Bonchev–Trinajstić information content (AvgIpc) is 2.46. The van der Waals surface area contributed by atoms with Crippen molar-refractivity contribution < 1.29 is 4.74 Å². The Morgan fingerprint density at radius 1 is 1.26 bits per heavy atom. The molecule has 0 amide bonds. The molecule has 0 aliphatic carbocycles. The van der Waals surface area contributed by atoms with Gasteiger partial charge in [-0.1, -0.05) is 0 Å². The number of anilines is 3. The number of rotatable bonds is 4. The lowest BCUT2D eigenvalue weighted by Crippen LogP contribution is -2.38. The Morgan fingerprint density at radius 2 is 1.95 bits per heavy atom. The first-order chi connectivity index (χ1) is 9.11. The predicted octanol–water partition coefficient (Wildman–Crippen LogP) is -0.162. The summed E-state index contributed by atoms with van der Waals surface area (Å²) in [5, 5.41) is 0. The van der Waals surface area contributed by atoms with Gasteiger partial charge in [0.15, 0.2) is 0 Å². The molecule has 2 heterocycles. The first-order valence-electron chi connectivity index (χ1n) is 6.40. The van der Waals surface area contributed by atoms with Crippen LogP contribution in [0.1, 0.15) is 13.8 Å². The van der Waals surface area contributed by atoms with Crippen LogP contribution < -0.4 is 21.1 Å². The van der Waals surface area contributed by atoms with Crippen LogP contribution >= 0.6 is 0 Å². The lowest BCUT2D eigenvalue weighted by atomic mass is 10.4. The van der Waals surface area contributed by atoms with E-state index in [0.717, 1.165) is 13.1 Å². The lowest BCUT2D eigenvalue weighted by molar-refractivity contribution is 0.122. The maximum absolute atomic E-state index is 5.43. The molecule has 8 heteroatoms. The van der Waals surface area contributed by atoms with Crippen molar-refractivity contribution in [1.29, 1.82) is 0 Å². The van der Waals surface area contributed by atoms with E-state index in [-0.39, 0.29) is 0 Å². The van der Waals surface area contributed by atoms with Gasteiger partial charge in [-0.25, -0.2) is 5.84 Å². The molecule has 0 bridgehead atoms. The number of nitrogen functional groups attached to an aromatic ring is 1. The highest BCUT2D eigenvalue weighted by atomic mass is 16.5. The third kappa shape index (κ3) is 3.21. The lowest BCUT2D eigenvalue weighted by Gasteiger charge is -2.28. The monoisotopic (exact) mass is 267 g/mol. The number of nitrogens with two attached hydrogens (primary N) is 1. The molecule has 8 nitrogen and oxygen atoms in total. The zero-order valence-corrected chi connectivity index (χ0v) is 11.6. The van der Waals surface area contributed by atoms with E-state index in [1.807, 2.05) is 11.9 Å². The van der Waals surface area contributed by atoms with Crippen molar-refractivity contribution in [3.05, 3.63) is 0 Å². The Morgan fingerprint density at radius 3 is 2.53 bits per heavy atom. The van der Waals surface area contributed by atoms with E-state index >= 15 is 0 Å². The maximum atomic E-state index is 5.43. The number of nitrogens with one attached hydrogen (secondary N) is 1. The van der Waals surface area contributed by atoms with E-state index in [1.54, 1.807) is 0 Å². The van der Waals surface area contributed by atoms with Crippen molar-refractivity contribution in [1.82, 2.24) is 15.0 Å². The SMILES string of the molecule is CC(C)N(C)c1nc(NN)nc(N2CCOCC2)n1. The van der Waals surface area contributed by atoms with Crippen molar-refractivity contribution in [3.8, 4) is 0 Å². The molecule has 0 unspecified atom stereocenters. The van der Waals surface area contributed by atoms with Crippen LogP contribution in [0.4, 0.5) is 17.8 Å². The molecule has 0 atom stereocenters. The highest BCUT2D eigenvalue weighted by Crippen LogP contribution is 2.17. The second-order valence-corrected chi connectivity index (χ2v) is 4.71. The fourth-order valence-electron chi connectivity index (χ4n) is 1.71. The van der Waals surface area contributed by atoms with Gasteiger partial charge in [-0.3, -0.25) is 5.43 Å². The van der Waals surface area contributed by atoms with Gasteiger partial charge in [0.1, 0.15) is 0 Å². The van der Waals surface area contributed by atoms with Crippen molar-refractivity contribution in [2.24, 2.45) is 5.84 Å². The first kappa shape index (κ1) is 13.8. The van der Waals surface area contributed by atoms with Gasteiger partial charge in [-0.05, 0) is 13.8 Å². The van der Waals surface area contributed by atoms with Crippen LogP contribution in [0, 0.1) is 0 Å². The van der Waals surface area contributed by atoms with Crippen LogP contribution in [-0.4, -0.2) is 54.3 Å². The van der Waals surface area contributed by atoms with Crippen molar-refractivity contribution in [3.63, 3.8) is 0 Å². The fourth-order valence-corrected chi connectivity index (χ4v) is 1.71. The molecule has 0 radical (unpaired) electrons. The molecule has 1 aliphatic heterocycles.